The van der Waals surface area contributed by atoms with Crippen LogP contribution in [0.4, 0.5) is 8.78 Å². The van der Waals surface area contributed by atoms with E-state index in [2.05, 4.69) is 56.9 Å². The van der Waals surface area contributed by atoms with Crippen LogP contribution in [0.3, 0.4) is 0 Å². The topological polar surface area (TPSA) is 60.9 Å². The van der Waals surface area contributed by atoms with Gasteiger partial charge < -0.3 is 10.0 Å². The van der Waals surface area contributed by atoms with Gasteiger partial charge in [0.25, 0.3) is 0 Å². The fourth-order valence-electron chi connectivity index (χ4n) is 7.25. The standard InChI is InChI=1S/C35H46F2N2O3/c1-22(29(34(41)42)18-23-7-9-25(10-8-23)26-11-12-26)24-6-5-16-38(17-15-24)33(40)31-21-39(35(2,3)4)20-30(31)28-14-13-27(36)19-32(28)37/h7-10,13-14,19,22,24,26,29-31H,5-6,11-12,15-18,20-21H2,1-4H3,(H,41,42)/t22?,24?,29-,30+,31-/m1/s1. The van der Waals surface area contributed by atoms with Crippen molar-refractivity contribution in [3.8, 4) is 0 Å². The van der Waals surface area contributed by atoms with Gasteiger partial charge in [-0.1, -0.05) is 37.3 Å². The summed E-state index contributed by atoms with van der Waals surface area (Å²) in [4.78, 5) is 30.6. The zero-order chi connectivity index (χ0) is 30.2. The summed E-state index contributed by atoms with van der Waals surface area (Å²) in [6.07, 6.45) is 5.45. The Hall–Kier alpha value is -2.80. The van der Waals surface area contributed by atoms with Crippen LogP contribution in [0, 0.1) is 35.3 Å². The van der Waals surface area contributed by atoms with Gasteiger partial charge in [0, 0.05) is 43.7 Å². The lowest BCUT2D eigenvalue weighted by Gasteiger charge is -2.32. The van der Waals surface area contributed by atoms with Gasteiger partial charge in [-0.2, -0.15) is 0 Å². The molecule has 5 rings (SSSR count). The smallest absolute Gasteiger partial charge is 0.307 e. The molecule has 1 saturated carbocycles. The van der Waals surface area contributed by atoms with Crippen LogP contribution in [0.25, 0.3) is 0 Å². The van der Waals surface area contributed by atoms with Crippen molar-refractivity contribution >= 4 is 11.9 Å². The molecule has 2 heterocycles. The van der Waals surface area contributed by atoms with E-state index in [1.807, 2.05) is 4.90 Å². The summed E-state index contributed by atoms with van der Waals surface area (Å²) in [5.74, 6) is -2.34. The van der Waals surface area contributed by atoms with E-state index in [0.29, 0.717) is 44.1 Å². The van der Waals surface area contributed by atoms with Gasteiger partial charge in [0.05, 0.1) is 11.8 Å². The molecule has 0 spiro atoms. The average molecular weight is 581 g/mol. The van der Waals surface area contributed by atoms with Crippen LogP contribution in [0.15, 0.2) is 42.5 Å². The Morgan fingerprint density at radius 2 is 1.69 bits per heavy atom. The predicted octanol–water partition coefficient (Wildman–Crippen LogP) is 6.86. The molecule has 2 aliphatic heterocycles. The number of carboxylic acid groups (broad SMARTS) is 1. The van der Waals surface area contributed by atoms with E-state index in [0.717, 1.165) is 30.9 Å². The van der Waals surface area contributed by atoms with Gasteiger partial charge in [0.15, 0.2) is 0 Å². The molecule has 0 radical (unpaired) electrons. The van der Waals surface area contributed by atoms with E-state index in [-0.39, 0.29) is 29.2 Å². The molecule has 2 aromatic carbocycles. The lowest BCUT2D eigenvalue weighted by molar-refractivity contribution is -0.144. The molecule has 1 N–H and O–H groups in total. The molecule has 2 saturated heterocycles. The van der Waals surface area contributed by atoms with Crippen molar-refractivity contribution in [1.82, 2.24) is 9.80 Å². The normalized spacial score (nSPS) is 25.2. The molecule has 5 atom stereocenters. The average Bonchev–Trinajstić information content (AvgIpc) is 3.73. The Balaban J connectivity index is 1.26. The maximum absolute atomic E-state index is 14.9. The van der Waals surface area contributed by atoms with Gasteiger partial charge in [0.1, 0.15) is 11.6 Å². The van der Waals surface area contributed by atoms with Gasteiger partial charge >= 0.3 is 5.97 Å². The maximum Gasteiger partial charge on any atom is 0.307 e. The highest BCUT2D eigenvalue weighted by Crippen LogP contribution is 2.41. The first-order valence-corrected chi connectivity index (χ1v) is 15.7. The first kappa shape index (κ1) is 30.7. The van der Waals surface area contributed by atoms with Crippen LogP contribution < -0.4 is 0 Å². The molecule has 3 aliphatic rings. The molecule has 1 aliphatic carbocycles. The molecule has 228 valence electrons. The lowest BCUT2D eigenvalue weighted by atomic mass is 9.76. The number of aliphatic carboxylic acids is 1. The number of carbonyl (C=O) groups is 2. The van der Waals surface area contributed by atoms with Crippen LogP contribution in [-0.4, -0.2) is 58.5 Å². The summed E-state index contributed by atoms with van der Waals surface area (Å²) >= 11 is 0. The van der Waals surface area contributed by atoms with Crippen LogP contribution in [-0.2, 0) is 16.0 Å². The van der Waals surface area contributed by atoms with E-state index in [9.17, 15) is 23.5 Å². The lowest BCUT2D eigenvalue weighted by Crippen LogP contribution is -2.42. The van der Waals surface area contributed by atoms with Crippen molar-refractivity contribution in [2.75, 3.05) is 26.2 Å². The number of hydrogen-bond donors (Lipinski definition) is 1. The number of rotatable bonds is 8. The van der Waals surface area contributed by atoms with Gasteiger partial charge in [0.2, 0.25) is 5.91 Å². The molecular weight excluding hydrogens is 534 g/mol. The molecule has 2 aromatic rings. The predicted molar refractivity (Wildman–Crippen MR) is 160 cm³/mol. The van der Waals surface area contributed by atoms with Gasteiger partial charge in [-0.05, 0) is 99.8 Å². The van der Waals surface area contributed by atoms with Crippen LogP contribution in [0.2, 0.25) is 0 Å². The highest BCUT2D eigenvalue weighted by molar-refractivity contribution is 5.81. The number of hydrogen-bond acceptors (Lipinski definition) is 3. The number of halogens is 2. The summed E-state index contributed by atoms with van der Waals surface area (Å²) in [6.45, 7) is 10.6. The number of benzene rings is 2. The monoisotopic (exact) mass is 580 g/mol. The molecule has 0 aromatic heterocycles. The SMILES string of the molecule is CC(C1CCCN(C(=O)[C@@H]2CN(C(C)(C)C)C[C@H]2c2ccc(F)cc2F)CC1)[C@@H](Cc1ccc(C2CC2)cc1)C(=O)O. The van der Waals surface area contributed by atoms with Crippen LogP contribution in [0.5, 0.6) is 0 Å². The second kappa shape index (κ2) is 12.4. The van der Waals surface area contributed by atoms with Gasteiger partial charge in [-0.3, -0.25) is 14.5 Å². The highest BCUT2D eigenvalue weighted by atomic mass is 19.1. The second-order valence-corrected chi connectivity index (χ2v) is 14.0. The van der Waals surface area contributed by atoms with Crippen molar-refractivity contribution in [3.63, 3.8) is 0 Å². The zero-order valence-corrected chi connectivity index (χ0v) is 25.5. The fraction of sp³-hybridized carbons (Fsp3) is 0.600. The number of amides is 1. The molecule has 3 fully saturated rings. The first-order valence-electron chi connectivity index (χ1n) is 15.7. The van der Waals surface area contributed by atoms with Gasteiger partial charge in [-0.15, -0.1) is 0 Å². The molecule has 1 amide bonds. The van der Waals surface area contributed by atoms with E-state index >= 15 is 0 Å². The minimum Gasteiger partial charge on any atom is -0.481 e. The summed E-state index contributed by atoms with van der Waals surface area (Å²) in [7, 11) is 0. The maximum atomic E-state index is 14.9. The molecular formula is C35H46F2N2O3. The molecule has 42 heavy (non-hydrogen) atoms. The Kier molecular flexibility index (Phi) is 9.08. The van der Waals surface area contributed by atoms with Crippen molar-refractivity contribution in [2.24, 2.45) is 23.7 Å². The van der Waals surface area contributed by atoms with Crippen molar-refractivity contribution in [3.05, 3.63) is 70.8 Å². The van der Waals surface area contributed by atoms with Crippen LogP contribution in [0.1, 0.15) is 88.3 Å². The van der Waals surface area contributed by atoms with E-state index in [4.69, 9.17) is 0 Å². The summed E-state index contributed by atoms with van der Waals surface area (Å²) in [6, 6.07) is 12.2. The fourth-order valence-corrected chi connectivity index (χ4v) is 7.25. The van der Waals surface area contributed by atoms with Crippen molar-refractivity contribution < 1.29 is 23.5 Å². The Labute approximate surface area is 249 Å². The van der Waals surface area contributed by atoms with Gasteiger partial charge in [-0.25, -0.2) is 8.78 Å². The Bertz CT molecular complexity index is 1270. The third-order valence-electron chi connectivity index (χ3n) is 10.2. The van der Waals surface area contributed by atoms with E-state index < -0.39 is 29.4 Å². The highest BCUT2D eigenvalue weighted by Gasteiger charge is 2.45. The molecule has 0 bridgehead atoms. The first-order chi connectivity index (χ1) is 19.9. The minimum atomic E-state index is -0.761. The summed E-state index contributed by atoms with van der Waals surface area (Å²) in [5, 5.41) is 10.2. The Morgan fingerprint density at radius 3 is 2.31 bits per heavy atom. The third-order valence-corrected chi connectivity index (χ3v) is 10.2. The summed E-state index contributed by atoms with van der Waals surface area (Å²) < 4.78 is 28.6. The number of nitrogens with zero attached hydrogens (tertiary/aromatic N) is 2. The second-order valence-electron chi connectivity index (χ2n) is 14.0. The number of carbonyl (C=O) groups excluding carboxylic acids is 1. The molecule has 7 heteroatoms. The largest absolute Gasteiger partial charge is 0.481 e. The van der Waals surface area contributed by atoms with Crippen molar-refractivity contribution in [1.29, 1.82) is 0 Å². The van der Waals surface area contributed by atoms with Crippen LogP contribution >= 0.6 is 0 Å². The third kappa shape index (κ3) is 6.88. The van der Waals surface area contributed by atoms with E-state index in [1.165, 1.54) is 30.5 Å². The summed E-state index contributed by atoms with van der Waals surface area (Å²) in [5.41, 5.74) is 2.63. The minimum absolute atomic E-state index is 0.0225. The number of likely N-dealkylation sites (tertiary alicyclic amines) is 2. The Morgan fingerprint density at radius 1 is 0.976 bits per heavy atom. The zero-order valence-electron chi connectivity index (χ0n) is 25.5. The number of carboxylic acids is 1. The molecule has 5 nitrogen and oxygen atoms in total. The van der Waals surface area contributed by atoms with E-state index in [1.54, 1.807) is 0 Å². The van der Waals surface area contributed by atoms with Crippen molar-refractivity contribution in [2.45, 2.75) is 83.6 Å². The molecule has 2 unspecified atom stereocenters. The quantitative estimate of drug-likeness (QED) is 0.371.